The predicted octanol–water partition coefficient (Wildman–Crippen LogP) is 2.41. The predicted molar refractivity (Wildman–Crippen MR) is 107 cm³/mol. The molecule has 0 aliphatic carbocycles. The van der Waals surface area contributed by atoms with Crippen LogP contribution in [0.5, 0.6) is 0 Å². The largest absolute Gasteiger partial charge is 0.456 e. The number of aromatic nitrogens is 1. The number of hydrogen-bond donors (Lipinski definition) is 0. The van der Waals surface area contributed by atoms with E-state index in [-0.39, 0.29) is 18.3 Å². The Morgan fingerprint density at radius 2 is 2.00 bits per heavy atom. The van der Waals surface area contributed by atoms with Crippen LogP contribution in [0, 0.1) is 0 Å². The number of amides is 1. The fraction of sp³-hybridized carbons (Fsp3) is 0.389. The lowest BCUT2D eigenvalue weighted by Crippen LogP contribution is -2.27. The molecule has 0 saturated carbocycles. The number of ether oxygens (including phenoxy) is 1. The van der Waals surface area contributed by atoms with Crippen molar-refractivity contribution in [2.24, 2.45) is 0 Å². The molecule has 0 bridgehead atoms. The van der Waals surface area contributed by atoms with Gasteiger partial charge in [0, 0.05) is 25.4 Å². The van der Waals surface area contributed by atoms with Crippen molar-refractivity contribution in [1.82, 2.24) is 4.98 Å². The quantitative estimate of drug-likeness (QED) is 0.662. The van der Waals surface area contributed by atoms with E-state index >= 15 is 0 Å². The molecule has 1 aromatic heterocycles. The molecule has 0 atom stereocenters. The first kappa shape index (κ1) is 20.3. The summed E-state index contributed by atoms with van der Waals surface area (Å²) < 4.78 is 30.5. The summed E-state index contributed by atoms with van der Waals surface area (Å²) >= 11 is 1.31. The normalized spacial score (nSPS) is 15.4. The molecule has 2 aromatic rings. The summed E-state index contributed by atoms with van der Waals surface area (Å²) in [6.45, 7) is 4.29. The highest BCUT2D eigenvalue weighted by molar-refractivity contribution is 7.93. The molecule has 1 fully saturated rings. The maximum absolute atomic E-state index is 12.2. The van der Waals surface area contributed by atoms with Crippen LogP contribution >= 0.6 is 11.3 Å². The van der Waals surface area contributed by atoms with Crippen molar-refractivity contribution < 1.29 is 22.7 Å². The second kappa shape index (κ2) is 8.27. The molecule has 2 heterocycles. The SMILES string of the molecule is CCN(C(C)=O)c1nc(COC(=O)c2ccc(N3CCCS3(=O)=O)cc2)cs1. The van der Waals surface area contributed by atoms with Gasteiger partial charge in [-0.05, 0) is 37.6 Å². The number of benzene rings is 1. The van der Waals surface area contributed by atoms with Gasteiger partial charge in [0.2, 0.25) is 15.9 Å². The molecule has 0 spiro atoms. The summed E-state index contributed by atoms with van der Waals surface area (Å²) in [7, 11) is -3.25. The van der Waals surface area contributed by atoms with E-state index in [2.05, 4.69) is 4.98 Å². The first-order valence-electron chi connectivity index (χ1n) is 8.82. The van der Waals surface area contributed by atoms with Crippen molar-refractivity contribution in [3.63, 3.8) is 0 Å². The minimum atomic E-state index is -3.25. The molecule has 28 heavy (non-hydrogen) atoms. The molecule has 1 amide bonds. The maximum Gasteiger partial charge on any atom is 0.338 e. The Labute approximate surface area is 167 Å². The van der Waals surface area contributed by atoms with Crippen molar-refractivity contribution in [3.8, 4) is 0 Å². The summed E-state index contributed by atoms with van der Waals surface area (Å²) in [5.74, 6) is -0.476. The molecule has 3 rings (SSSR count). The molecule has 1 aliphatic heterocycles. The number of thiazole rings is 1. The zero-order valence-electron chi connectivity index (χ0n) is 15.6. The van der Waals surface area contributed by atoms with E-state index < -0.39 is 16.0 Å². The lowest BCUT2D eigenvalue weighted by molar-refractivity contribution is -0.116. The van der Waals surface area contributed by atoms with Crippen molar-refractivity contribution in [3.05, 3.63) is 40.9 Å². The van der Waals surface area contributed by atoms with E-state index in [0.29, 0.717) is 41.6 Å². The Bertz CT molecular complexity index is 969. The van der Waals surface area contributed by atoms with Crippen molar-refractivity contribution in [2.45, 2.75) is 26.9 Å². The topological polar surface area (TPSA) is 96.9 Å². The summed E-state index contributed by atoms with van der Waals surface area (Å²) in [4.78, 5) is 29.7. The molecule has 1 aliphatic rings. The second-order valence-corrected chi connectivity index (χ2v) is 9.10. The van der Waals surface area contributed by atoms with Crippen LogP contribution in [0.1, 0.15) is 36.3 Å². The van der Waals surface area contributed by atoms with Crippen LogP contribution in [0.15, 0.2) is 29.6 Å². The Hall–Kier alpha value is -2.46. The van der Waals surface area contributed by atoms with Gasteiger partial charge in [-0.3, -0.25) is 14.0 Å². The molecule has 0 N–H and O–H groups in total. The monoisotopic (exact) mass is 423 g/mol. The number of anilines is 2. The third-order valence-corrected chi connectivity index (χ3v) is 7.09. The number of carbonyl (C=O) groups excluding carboxylic acids is 2. The Morgan fingerprint density at radius 3 is 2.57 bits per heavy atom. The van der Waals surface area contributed by atoms with E-state index in [9.17, 15) is 18.0 Å². The average molecular weight is 424 g/mol. The van der Waals surface area contributed by atoms with Crippen LogP contribution in [0.3, 0.4) is 0 Å². The lowest BCUT2D eigenvalue weighted by atomic mass is 10.2. The van der Waals surface area contributed by atoms with Gasteiger partial charge in [-0.15, -0.1) is 11.3 Å². The number of sulfonamides is 1. The zero-order chi connectivity index (χ0) is 20.3. The summed E-state index contributed by atoms with van der Waals surface area (Å²) in [5.41, 5.74) is 1.43. The lowest BCUT2D eigenvalue weighted by Gasteiger charge is -2.16. The van der Waals surface area contributed by atoms with E-state index in [1.165, 1.54) is 22.6 Å². The van der Waals surface area contributed by atoms with E-state index in [0.717, 1.165) is 0 Å². The number of carbonyl (C=O) groups is 2. The summed E-state index contributed by atoms with van der Waals surface area (Å²) in [6, 6.07) is 6.30. The minimum absolute atomic E-state index is 0.00690. The van der Waals surface area contributed by atoms with Gasteiger partial charge >= 0.3 is 5.97 Å². The smallest absolute Gasteiger partial charge is 0.338 e. The molecular formula is C18H21N3O5S2. The molecular weight excluding hydrogens is 402 g/mol. The number of rotatable bonds is 6. The van der Waals surface area contributed by atoms with Crippen LogP contribution < -0.4 is 9.21 Å². The van der Waals surface area contributed by atoms with Crippen LogP contribution in [0.25, 0.3) is 0 Å². The van der Waals surface area contributed by atoms with E-state index in [4.69, 9.17) is 4.74 Å². The van der Waals surface area contributed by atoms with Gasteiger partial charge < -0.3 is 4.74 Å². The minimum Gasteiger partial charge on any atom is -0.456 e. The van der Waals surface area contributed by atoms with Crippen LogP contribution in [-0.2, 0) is 26.2 Å². The van der Waals surface area contributed by atoms with Gasteiger partial charge in [0.1, 0.15) is 6.61 Å². The number of nitrogens with zero attached hydrogens (tertiary/aromatic N) is 3. The Kier molecular flexibility index (Phi) is 5.99. The highest BCUT2D eigenvalue weighted by atomic mass is 32.2. The molecule has 10 heteroatoms. The molecule has 8 nitrogen and oxygen atoms in total. The van der Waals surface area contributed by atoms with Gasteiger partial charge in [0.15, 0.2) is 5.13 Å². The van der Waals surface area contributed by atoms with E-state index in [1.54, 1.807) is 34.5 Å². The van der Waals surface area contributed by atoms with Gasteiger partial charge in [0.05, 0.1) is 22.7 Å². The molecule has 1 aromatic carbocycles. The third kappa shape index (κ3) is 4.33. The molecule has 150 valence electrons. The Balaban J connectivity index is 1.61. The van der Waals surface area contributed by atoms with Gasteiger partial charge in [-0.1, -0.05) is 0 Å². The van der Waals surface area contributed by atoms with Crippen LogP contribution in [0.2, 0.25) is 0 Å². The fourth-order valence-electron chi connectivity index (χ4n) is 2.90. The first-order chi connectivity index (χ1) is 13.3. The zero-order valence-corrected chi connectivity index (χ0v) is 17.3. The van der Waals surface area contributed by atoms with Gasteiger partial charge in [-0.2, -0.15) is 0 Å². The standard InChI is InChI=1S/C18H21N3O5S2/c1-3-20(13(2)22)18-19-15(12-27-18)11-26-17(23)14-5-7-16(8-6-14)21-9-4-10-28(21,24)25/h5-8,12H,3-4,9-11H2,1-2H3. The average Bonchev–Trinajstić information content (AvgIpc) is 3.26. The molecule has 0 unspecified atom stereocenters. The number of hydrogen-bond acceptors (Lipinski definition) is 7. The highest BCUT2D eigenvalue weighted by Gasteiger charge is 2.28. The molecule has 1 saturated heterocycles. The highest BCUT2D eigenvalue weighted by Crippen LogP contribution is 2.25. The Morgan fingerprint density at radius 1 is 1.29 bits per heavy atom. The van der Waals surface area contributed by atoms with Gasteiger partial charge in [0.25, 0.3) is 0 Å². The third-order valence-electron chi connectivity index (χ3n) is 4.31. The molecule has 0 radical (unpaired) electrons. The maximum atomic E-state index is 12.2. The fourth-order valence-corrected chi connectivity index (χ4v) is 5.38. The van der Waals surface area contributed by atoms with Crippen molar-refractivity contribution in [1.29, 1.82) is 0 Å². The van der Waals surface area contributed by atoms with Crippen LogP contribution in [-0.4, -0.2) is 44.1 Å². The van der Waals surface area contributed by atoms with Crippen molar-refractivity contribution >= 4 is 44.1 Å². The van der Waals surface area contributed by atoms with Gasteiger partial charge in [-0.25, -0.2) is 18.2 Å². The summed E-state index contributed by atoms with van der Waals surface area (Å²) in [6.07, 6.45) is 0.598. The summed E-state index contributed by atoms with van der Waals surface area (Å²) in [5, 5.41) is 2.31. The van der Waals surface area contributed by atoms with E-state index in [1.807, 2.05) is 6.92 Å². The van der Waals surface area contributed by atoms with Crippen LogP contribution in [0.4, 0.5) is 10.8 Å². The second-order valence-electron chi connectivity index (χ2n) is 6.25. The number of esters is 1. The first-order valence-corrected chi connectivity index (χ1v) is 11.3. The van der Waals surface area contributed by atoms with Crippen molar-refractivity contribution in [2.75, 3.05) is 28.0 Å².